The number of hydrogen-bond acceptors (Lipinski definition) is 2. The summed E-state index contributed by atoms with van der Waals surface area (Å²) >= 11 is 0. The predicted octanol–water partition coefficient (Wildman–Crippen LogP) is 3.54. The summed E-state index contributed by atoms with van der Waals surface area (Å²) in [7, 11) is 0. The van der Waals surface area contributed by atoms with E-state index in [2.05, 4.69) is 28.0 Å². The highest BCUT2D eigenvalue weighted by molar-refractivity contribution is 6.07. The minimum absolute atomic E-state index is 0.192. The number of nitrogens with zero attached hydrogens (tertiary/aromatic N) is 2. The summed E-state index contributed by atoms with van der Waals surface area (Å²) in [5.74, 6) is 0.192. The second-order valence-corrected chi connectivity index (χ2v) is 6.79. The summed E-state index contributed by atoms with van der Waals surface area (Å²) in [4.78, 5) is 17.7. The first kappa shape index (κ1) is 14.7. The van der Waals surface area contributed by atoms with Gasteiger partial charge in [-0.25, -0.2) is 0 Å². The molecule has 2 aliphatic rings. The van der Waals surface area contributed by atoms with Crippen molar-refractivity contribution in [3.05, 3.63) is 48.0 Å². The van der Waals surface area contributed by atoms with E-state index in [-0.39, 0.29) is 5.91 Å². The first-order valence-electron chi connectivity index (χ1n) is 8.84. The van der Waals surface area contributed by atoms with Crippen LogP contribution in [0.1, 0.15) is 36.0 Å². The zero-order valence-corrected chi connectivity index (χ0v) is 13.6. The molecule has 0 atom stereocenters. The van der Waals surface area contributed by atoms with E-state index in [4.69, 9.17) is 0 Å². The molecular formula is C20H24N2O. The third-order valence-electron chi connectivity index (χ3n) is 5.43. The van der Waals surface area contributed by atoms with Gasteiger partial charge in [0.1, 0.15) is 0 Å². The normalized spacial score (nSPS) is 20.3. The number of benzene rings is 2. The van der Waals surface area contributed by atoms with Gasteiger partial charge < -0.3 is 4.90 Å². The van der Waals surface area contributed by atoms with Crippen LogP contribution < -0.4 is 0 Å². The van der Waals surface area contributed by atoms with E-state index in [1.807, 2.05) is 24.3 Å². The number of carbonyl (C=O) groups excluding carboxylic acids is 1. The molecule has 2 fully saturated rings. The molecule has 0 aromatic heterocycles. The molecule has 23 heavy (non-hydrogen) atoms. The van der Waals surface area contributed by atoms with Gasteiger partial charge in [-0.15, -0.1) is 0 Å². The molecule has 1 heterocycles. The standard InChI is InChI=1S/C20H24N2O/c23-20(19-11-3-7-16-6-1-2-10-18(16)19)22-13-5-12-21(14-15-22)17-8-4-9-17/h1-3,6-7,10-11,17H,4-5,8-9,12-15H2. The average Bonchev–Trinajstić information content (AvgIpc) is 2.78. The molecule has 2 aromatic carbocycles. The number of amides is 1. The molecule has 120 valence electrons. The fourth-order valence-electron chi connectivity index (χ4n) is 3.84. The van der Waals surface area contributed by atoms with Gasteiger partial charge in [0.05, 0.1) is 0 Å². The Labute approximate surface area is 137 Å². The van der Waals surface area contributed by atoms with E-state index in [0.29, 0.717) is 0 Å². The van der Waals surface area contributed by atoms with Gasteiger partial charge in [-0.05, 0) is 36.1 Å². The van der Waals surface area contributed by atoms with Gasteiger partial charge >= 0.3 is 0 Å². The fourth-order valence-corrected chi connectivity index (χ4v) is 3.84. The van der Waals surface area contributed by atoms with Gasteiger partial charge in [-0.2, -0.15) is 0 Å². The van der Waals surface area contributed by atoms with Crippen molar-refractivity contribution in [1.29, 1.82) is 0 Å². The predicted molar refractivity (Wildman–Crippen MR) is 93.7 cm³/mol. The van der Waals surface area contributed by atoms with Crippen molar-refractivity contribution in [2.75, 3.05) is 26.2 Å². The highest BCUT2D eigenvalue weighted by Crippen LogP contribution is 2.26. The Kier molecular flexibility index (Phi) is 4.04. The van der Waals surface area contributed by atoms with E-state index in [9.17, 15) is 4.79 Å². The minimum atomic E-state index is 0.192. The number of fused-ring (bicyclic) bond motifs is 1. The lowest BCUT2D eigenvalue weighted by atomic mass is 9.91. The van der Waals surface area contributed by atoms with Crippen LogP contribution in [0.4, 0.5) is 0 Å². The molecule has 1 saturated carbocycles. The van der Waals surface area contributed by atoms with Gasteiger partial charge in [0.25, 0.3) is 5.91 Å². The molecule has 1 saturated heterocycles. The second kappa shape index (κ2) is 6.32. The van der Waals surface area contributed by atoms with E-state index in [1.165, 1.54) is 19.3 Å². The van der Waals surface area contributed by atoms with Crippen molar-refractivity contribution >= 4 is 16.7 Å². The van der Waals surface area contributed by atoms with Crippen LogP contribution in [0.3, 0.4) is 0 Å². The summed E-state index contributed by atoms with van der Waals surface area (Å²) in [6.45, 7) is 3.91. The number of hydrogen-bond donors (Lipinski definition) is 0. The van der Waals surface area contributed by atoms with Crippen LogP contribution in [0.25, 0.3) is 10.8 Å². The van der Waals surface area contributed by atoms with Crippen LogP contribution in [-0.4, -0.2) is 47.9 Å². The lowest BCUT2D eigenvalue weighted by molar-refractivity contribution is 0.0751. The van der Waals surface area contributed by atoms with Gasteiger partial charge in [-0.1, -0.05) is 42.8 Å². The van der Waals surface area contributed by atoms with Gasteiger partial charge in [-0.3, -0.25) is 9.69 Å². The molecule has 1 aliphatic carbocycles. The van der Waals surface area contributed by atoms with Crippen LogP contribution in [-0.2, 0) is 0 Å². The van der Waals surface area contributed by atoms with E-state index in [1.54, 1.807) is 0 Å². The Balaban J connectivity index is 1.53. The van der Waals surface area contributed by atoms with Crippen LogP contribution in [0.5, 0.6) is 0 Å². The first-order valence-corrected chi connectivity index (χ1v) is 8.84. The highest BCUT2D eigenvalue weighted by Gasteiger charge is 2.28. The van der Waals surface area contributed by atoms with Crippen LogP contribution in [0.15, 0.2) is 42.5 Å². The summed E-state index contributed by atoms with van der Waals surface area (Å²) in [5.41, 5.74) is 0.847. The smallest absolute Gasteiger partial charge is 0.254 e. The maximum Gasteiger partial charge on any atom is 0.254 e. The topological polar surface area (TPSA) is 23.6 Å². The van der Waals surface area contributed by atoms with Crippen molar-refractivity contribution < 1.29 is 4.79 Å². The molecule has 0 unspecified atom stereocenters. The molecule has 2 aromatic rings. The first-order chi connectivity index (χ1) is 11.3. The molecular weight excluding hydrogens is 284 g/mol. The molecule has 3 nitrogen and oxygen atoms in total. The molecule has 0 bridgehead atoms. The molecule has 0 N–H and O–H groups in total. The molecule has 1 aliphatic heterocycles. The minimum Gasteiger partial charge on any atom is -0.337 e. The van der Waals surface area contributed by atoms with Crippen molar-refractivity contribution in [1.82, 2.24) is 9.80 Å². The maximum absolute atomic E-state index is 13.0. The largest absolute Gasteiger partial charge is 0.337 e. The summed E-state index contributed by atoms with van der Waals surface area (Å²) in [6.07, 6.45) is 5.15. The van der Waals surface area contributed by atoms with Crippen LogP contribution >= 0.6 is 0 Å². The lowest BCUT2D eigenvalue weighted by Crippen LogP contribution is -2.42. The quantitative estimate of drug-likeness (QED) is 0.847. The van der Waals surface area contributed by atoms with Gasteiger partial charge in [0.15, 0.2) is 0 Å². The van der Waals surface area contributed by atoms with Gasteiger partial charge in [0, 0.05) is 37.8 Å². The molecule has 0 spiro atoms. The Bertz CT molecular complexity index is 702. The monoisotopic (exact) mass is 308 g/mol. The second-order valence-electron chi connectivity index (χ2n) is 6.79. The molecule has 3 heteroatoms. The fraction of sp³-hybridized carbons (Fsp3) is 0.450. The third-order valence-corrected chi connectivity index (χ3v) is 5.43. The zero-order valence-electron chi connectivity index (χ0n) is 13.6. The Morgan fingerprint density at radius 3 is 2.52 bits per heavy atom. The summed E-state index contributed by atoms with van der Waals surface area (Å²) in [5, 5.41) is 2.21. The Hall–Kier alpha value is -1.87. The molecule has 4 rings (SSSR count). The zero-order chi connectivity index (χ0) is 15.6. The van der Waals surface area contributed by atoms with Crippen molar-refractivity contribution in [3.8, 4) is 0 Å². The van der Waals surface area contributed by atoms with Crippen molar-refractivity contribution in [3.63, 3.8) is 0 Å². The maximum atomic E-state index is 13.0. The molecule has 0 radical (unpaired) electrons. The summed E-state index contributed by atoms with van der Waals surface area (Å²) in [6, 6.07) is 15.0. The third kappa shape index (κ3) is 2.86. The summed E-state index contributed by atoms with van der Waals surface area (Å²) < 4.78 is 0. The Morgan fingerprint density at radius 2 is 1.70 bits per heavy atom. The van der Waals surface area contributed by atoms with Crippen molar-refractivity contribution in [2.24, 2.45) is 0 Å². The van der Waals surface area contributed by atoms with Crippen molar-refractivity contribution in [2.45, 2.75) is 31.7 Å². The van der Waals surface area contributed by atoms with Crippen LogP contribution in [0.2, 0.25) is 0 Å². The lowest BCUT2D eigenvalue weighted by Gasteiger charge is -2.36. The van der Waals surface area contributed by atoms with E-state index >= 15 is 0 Å². The highest BCUT2D eigenvalue weighted by atomic mass is 16.2. The Morgan fingerprint density at radius 1 is 0.870 bits per heavy atom. The average molecular weight is 308 g/mol. The molecule has 1 amide bonds. The number of carbonyl (C=O) groups is 1. The van der Waals surface area contributed by atoms with Gasteiger partial charge in [0.2, 0.25) is 0 Å². The van der Waals surface area contributed by atoms with E-state index in [0.717, 1.165) is 55.0 Å². The van der Waals surface area contributed by atoms with Crippen LogP contribution in [0, 0.1) is 0 Å². The SMILES string of the molecule is O=C(c1cccc2ccccc12)N1CCCN(C2CCC2)CC1. The van der Waals surface area contributed by atoms with E-state index < -0.39 is 0 Å². The number of rotatable bonds is 2.